The van der Waals surface area contributed by atoms with Gasteiger partial charge in [0, 0.05) is 27.5 Å². The molecule has 0 atom stereocenters. The lowest BCUT2D eigenvalue weighted by atomic mass is 10.0. The zero-order chi connectivity index (χ0) is 39.2. The molecule has 4 nitrogen and oxygen atoms in total. The third-order valence-electron chi connectivity index (χ3n) is 10.8. The van der Waals surface area contributed by atoms with E-state index in [2.05, 4.69) is 115 Å². The minimum atomic E-state index is -0.289. The van der Waals surface area contributed by atoms with Gasteiger partial charge < -0.3 is 4.57 Å². The molecule has 0 aliphatic rings. The zero-order valence-electron chi connectivity index (χ0n) is 32.1. The van der Waals surface area contributed by atoms with Crippen LogP contribution in [0.3, 0.4) is 0 Å². The van der Waals surface area contributed by atoms with Crippen LogP contribution in [0.25, 0.3) is 95.0 Å². The third kappa shape index (κ3) is 6.53. The van der Waals surface area contributed by atoms with E-state index in [1.807, 2.05) is 72.8 Å². The van der Waals surface area contributed by atoms with Crippen LogP contribution < -0.4 is 0 Å². The Labute approximate surface area is 336 Å². The van der Waals surface area contributed by atoms with Gasteiger partial charge in [0.1, 0.15) is 5.82 Å². The van der Waals surface area contributed by atoms with Gasteiger partial charge in [-0.1, -0.05) is 163 Å². The van der Waals surface area contributed by atoms with E-state index in [0.29, 0.717) is 17.5 Å². The second-order valence-electron chi connectivity index (χ2n) is 14.8. The summed E-state index contributed by atoms with van der Waals surface area (Å²) >= 11 is 0. The third-order valence-corrected chi connectivity index (χ3v) is 10.8. The van der Waals surface area contributed by atoms with Crippen molar-refractivity contribution in [2.75, 3.05) is 0 Å². The summed E-state index contributed by atoms with van der Waals surface area (Å²) in [7, 11) is 0. The van der Waals surface area contributed by atoms with Crippen LogP contribution in [-0.4, -0.2) is 19.5 Å². The van der Waals surface area contributed by atoms with Crippen molar-refractivity contribution >= 4 is 21.8 Å². The number of aromatic nitrogens is 4. The Bertz CT molecular complexity index is 2990. The molecule has 5 heteroatoms. The summed E-state index contributed by atoms with van der Waals surface area (Å²) in [5, 5.41) is 2.24. The van der Waals surface area contributed by atoms with Gasteiger partial charge in [-0.15, -0.1) is 0 Å². The average Bonchev–Trinajstić information content (AvgIpc) is 3.59. The predicted molar refractivity (Wildman–Crippen MR) is 236 cm³/mol. The maximum atomic E-state index is 14.8. The van der Waals surface area contributed by atoms with Crippen LogP contribution in [0.5, 0.6) is 0 Å². The Morgan fingerprint density at radius 1 is 0.362 bits per heavy atom. The van der Waals surface area contributed by atoms with Crippen LogP contribution in [-0.2, 0) is 0 Å². The first-order valence-corrected chi connectivity index (χ1v) is 19.5. The molecule has 0 aliphatic heterocycles. The highest BCUT2D eigenvalue weighted by atomic mass is 19.1. The highest BCUT2D eigenvalue weighted by molar-refractivity contribution is 6.11. The zero-order valence-corrected chi connectivity index (χ0v) is 32.1. The van der Waals surface area contributed by atoms with Crippen molar-refractivity contribution in [1.82, 2.24) is 19.5 Å². The quantitative estimate of drug-likeness (QED) is 0.163. The van der Waals surface area contributed by atoms with Crippen molar-refractivity contribution in [1.29, 1.82) is 0 Å². The SMILES string of the molecule is Cc1cccc(-c2ccc3c4ccc(-c5cccc(C)c5)cc4n(-c4cc(-c5cccc(F)c5)ccc4-c4nc(-c5ccccc5)nc(-c5ccccc5)n4)c3c2)c1. The highest BCUT2D eigenvalue weighted by Crippen LogP contribution is 2.41. The van der Waals surface area contributed by atoms with Gasteiger partial charge in [0.2, 0.25) is 0 Å². The maximum Gasteiger partial charge on any atom is 0.166 e. The number of fused-ring (bicyclic) bond motifs is 3. The fourth-order valence-electron chi connectivity index (χ4n) is 7.97. The molecule has 276 valence electrons. The van der Waals surface area contributed by atoms with Gasteiger partial charge in [-0.2, -0.15) is 0 Å². The first kappa shape index (κ1) is 35.0. The second kappa shape index (κ2) is 14.5. The van der Waals surface area contributed by atoms with E-state index >= 15 is 0 Å². The lowest BCUT2D eigenvalue weighted by molar-refractivity contribution is 0.628. The van der Waals surface area contributed by atoms with Gasteiger partial charge in [-0.05, 0) is 83.6 Å². The minimum Gasteiger partial charge on any atom is -0.308 e. The number of halogens is 1. The molecule has 58 heavy (non-hydrogen) atoms. The summed E-state index contributed by atoms with van der Waals surface area (Å²) in [6.45, 7) is 4.25. The predicted octanol–water partition coefficient (Wildman–Crippen LogP) is 13.7. The van der Waals surface area contributed by atoms with Crippen LogP contribution in [0.1, 0.15) is 11.1 Å². The fourth-order valence-corrected chi connectivity index (χ4v) is 7.97. The molecular weight excluding hydrogens is 712 g/mol. The molecule has 0 saturated heterocycles. The molecule has 0 aliphatic carbocycles. The first-order chi connectivity index (χ1) is 28.4. The van der Waals surface area contributed by atoms with Gasteiger partial charge in [-0.3, -0.25) is 0 Å². The van der Waals surface area contributed by atoms with E-state index < -0.39 is 0 Å². The molecule has 0 bridgehead atoms. The van der Waals surface area contributed by atoms with Crippen molar-refractivity contribution in [2.24, 2.45) is 0 Å². The van der Waals surface area contributed by atoms with E-state index in [4.69, 9.17) is 15.0 Å². The Hall–Kier alpha value is -7.50. The minimum absolute atomic E-state index is 0.289. The lowest BCUT2D eigenvalue weighted by Crippen LogP contribution is -2.04. The second-order valence-corrected chi connectivity index (χ2v) is 14.8. The molecule has 0 spiro atoms. The number of hydrogen-bond donors (Lipinski definition) is 0. The van der Waals surface area contributed by atoms with Gasteiger partial charge in [0.25, 0.3) is 0 Å². The van der Waals surface area contributed by atoms with Crippen molar-refractivity contribution < 1.29 is 4.39 Å². The number of nitrogens with zero attached hydrogens (tertiary/aromatic N) is 4. The summed E-state index contributed by atoms with van der Waals surface area (Å²) in [6.07, 6.45) is 0. The maximum absolute atomic E-state index is 14.8. The molecule has 0 saturated carbocycles. The smallest absolute Gasteiger partial charge is 0.166 e. The van der Waals surface area contributed by atoms with Crippen molar-refractivity contribution in [2.45, 2.75) is 13.8 Å². The van der Waals surface area contributed by atoms with E-state index in [1.54, 1.807) is 12.1 Å². The van der Waals surface area contributed by atoms with Gasteiger partial charge >= 0.3 is 0 Å². The summed E-state index contributed by atoms with van der Waals surface area (Å²) in [5.41, 5.74) is 14.1. The molecule has 10 aromatic rings. The summed E-state index contributed by atoms with van der Waals surface area (Å²) in [6, 6.07) is 63.8. The van der Waals surface area contributed by atoms with Crippen LogP contribution in [0.2, 0.25) is 0 Å². The fraction of sp³-hybridized carbons (Fsp3) is 0.0377. The molecule has 0 radical (unpaired) electrons. The summed E-state index contributed by atoms with van der Waals surface area (Å²) in [5.74, 6) is 1.40. The van der Waals surface area contributed by atoms with Crippen molar-refractivity contribution in [3.63, 3.8) is 0 Å². The van der Waals surface area contributed by atoms with E-state index in [9.17, 15) is 4.39 Å². The average molecular weight is 749 g/mol. The van der Waals surface area contributed by atoms with Crippen LogP contribution in [0.4, 0.5) is 4.39 Å². The molecule has 2 heterocycles. The lowest BCUT2D eigenvalue weighted by Gasteiger charge is -2.17. The highest BCUT2D eigenvalue weighted by Gasteiger charge is 2.21. The molecule has 0 fully saturated rings. The van der Waals surface area contributed by atoms with E-state index in [0.717, 1.165) is 77.6 Å². The van der Waals surface area contributed by atoms with E-state index in [-0.39, 0.29) is 5.82 Å². The first-order valence-electron chi connectivity index (χ1n) is 19.5. The number of aryl methyl sites for hydroxylation is 2. The monoisotopic (exact) mass is 748 g/mol. The Kier molecular flexibility index (Phi) is 8.76. The molecular formula is C53H37FN4. The normalized spacial score (nSPS) is 11.4. The van der Waals surface area contributed by atoms with Gasteiger partial charge in [-0.25, -0.2) is 19.3 Å². The topological polar surface area (TPSA) is 43.6 Å². The van der Waals surface area contributed by atoms with Crippen molar-refractivity contribution in [3.05, 3.63) is 205 Å². The van der Waals surface area contributed by atoms with E-state index in [1.165, 1.54) is 17.2 Å². The van der Waals surface area contributed by atoms with Gasteiger partial charge in [0.15, 0.2) is 17.5 Å². The number of rotatable bonds is 7. The Morgan fingerprint density at radius 3 is 1.31 bits per heavy atom. The summed E-state index contributed by atoms with van der Waals surface area (Å²) in [4.78, 5) is 15.4. The molecule has 10 rings (SSSR count). The summed E-state index contributed by atoms with van der Waals surface area (Å²) < 4.78 is 17.2. The molecule has 0 unspecified atom stereocenters. The Morgan fingerprint density at radius 2 is 0.793 bits per heavy atom. The van der Waals surface area contributed by atoms with Crippen molar-refractivity contribution in [3.8, 4) is 73.2 Å². The number of hydrogen-bond acceptors (Lipinski definition) is 3. The molecule has 8 aromatic carbocycles. The largest absolute Gasteiger partial charge is 0.308 e. The Balaban J connectivity index is 1.31. The standard InChI is InChI=1S/C53H37FN4/c1-34-12-9-18-38(28-34)41-22-25-45-46-26-23-42(39-19-10-13-35(2)29-39)32-49(46)58(48(45)31-41)50-33-43(40-20-11-21-44(54)30-40)24-27-47(50)53-56-51(36-14-5-3-6-15-36)55-52(57-53)37-16-7-4-8-17-37/h3-33H,1-2H3. The van der Waals surface area contributed by atoms with Gasteiger partial charge in [0.05, 0.1) is 16.7 Å². The van der Waals surface area contributed by atoms with Crippen LogP contribution >= 0.6 is 0 Å². The number of benzene rings is 8. The van der Waals surface area contributed by atoms with Crippen LogP contribution in [0, 0.1) is 19.7 Å². The molecule has 0 N–H and O–H groups in total. The molecule has 0 amide bonds. The van der Waals surface area contributed by atoms with Crippen LogP contribution in [0.15, 0.2) is 188 Å². The molecule has 2 aromatic heterocycles.